The quantitative estimate of drug-likeness (QED) is 0.804. The first-order valence-corrected chi connectivity index (χ1v) is 5.38. The van der Waals surface area contributed by atoms with Crippen LogP contribution in [0.5, 0.6) is 0 Å². The Balaban J connectivity index is 2.62. The van der Waals surface area contributed by atoms with Gasteiger partial charge in [-0.3, -0.25) is 4.79 Å². The number of aliphatic hydroxyl groups excluding tert-OH is 1. The Labute approximate surface area is 90.9 Å². The van der Waals surface area contributed by atoms with Crippen molar-refractivity contribution in [1.29, 1.82) is 0 Å². The molecule has 0 bridgehead atoms. The molecule has 0 aromatic heterocycles. The lowest BCUT2D eigenvalue weighted by molar-refractivity contribution is -0.121. The average Bonchev–Trinajstić information content (AvgIpc) is 2.26. The molecular formula is C13H18O2. The lowest BCUT2D eigenvalue weighted by Crippen LogP contribution is -2.14. The summed E-state index contributed by atoms with van der Waals surface area (Å²) in [4.78, 5) is 11.2. The van der Waals surface area contributed by atoms with E-state index in [4.69, 9.17) is 0 Å². The molecule has 2 atom stereocenters. The fraction of sp³-hybridized carbons (Fsp3) is 0.462. The molecule has 1 rings (SSSR count). The Morgan fingerprint density at radius 2 is 1.93 bits per heavy atom. The zero-order valence-corrected chi connectivity index (χ0v) is 9.31. The van der Waals surface area contributed by atoms with Gasteiger partial charge in [-0.25, -0.2) is 0 Å². The second kappa shape index (κ2) is 5.66. The highest BCUT2D eigenvalue weighted by Crippen LogP contribution is 2.23. The maximum absolute atomic E-state index is 11.2. The Bertz CT molecular complexity index is 306. The number of Topliss-reactive ketones (excluding diaryl/α,β-unsaturated/α-hetero) is 1. The van der Waals surface area contributed by atoms with E-state index in [1.54, 1.807) is 6.92 Å². The maximum Gasteiger partial charge on any atom is 0.133 e. The normalized spacial score (nSPS) is 14.6. The molecule has 0 aliphatic rings. The van der Waals surface area contributed by atoms with Crippen LogP contribution >= 0.6 is 0 Å². The van der Waals surface area contributed by atoms with Crippen LogP contribution in [0.25, 0.3) is 0 Å². The Hall–Kier alpha value is -1.15. The Morgan fingerprint density at radius 1 is 1.33 bits per heavy atom. The number of carbonyl (C=O) groups excluding carboxylic acids is 1. The molecule has 2 heteroatoms. The molecule has 1 N–H and O–H groups in total. The largest absolute Gasteiger partial charge is 0.388 e. The minimum absolute atomic E-state index is 0.0276. The Morgan fingerprint density at radius 3 is 2.40 bits per heavy atom. The van der Waals surface area contributed by atoms with Crippen molar-refractivity contribution in [3.63, 3.8) is 0 Å². The van der Waals surface area contributed by atoms with E-state index in [9.17, 15) is 9.90 Å². The van der Waals surface area contributed by atoms with Crippen LogP contribution in [0.4, 0.5) is 0 Å². The summed E-state index contributed by atoms with van der Waals surface area (Å²) in [6, 6.07) is 9.48. The van der Waals surface area contributed by atoms with Crippen molar-refractivity contribution in [3.05, 3.63) is 35.9 Å². The SMILES string of the molecule is CCC(CC(O)c1ccccc1)C(C)=O. The number of hydrogen-bond donors (Lipinski definition) is 1. The van der Waals surface area contributed by atoms with Crippen molar-refractivity contribution in [2.45, 2.75) is 32.8 Å². The molecule has 15 heavy (non-hydrogen) atoms. The summed E-state index contributed by atoms with van der Waals surface area (Å²) in [6.45, 7) is 3.57. The molecule has 0 aliphatic carbocycles. The number of carbonyl (C=O) groups is 1. The van der Waals surface area contributed by atoms with E-state index in [1.807, 2.05) is 37.3 Å². The number of rotatable bonds is 5. The highest BCUT2D eigenvalue weighted by Gasteiger charge is 2.17. The van der Waals surface area contributed by atoms with Crippen LogP contribution in [0.2, 0.25) is 0 Å². The predicted molar refractivity (Wildman–Crippen MR) is 60.5 cm³/mol. The van der Waals surface area contributed by atoms with E-state index in [-0.39, 0.29) is 11.7 Å². The third-order valence-corrected chi connectivity index (χ3v) is 2.76. The van der Waals surface area contributed by atoms with Crippen LogP contribution < -0.4 is 0 Å². The Kier molecular flexibility index (Phi) is 4.50. The van der Waals surface area contributed by atoms with Crippen LogP contribution in [-0.4, -0.2) is 10.9 Å². The number of aliphatic hydroxyl groups is 1. The van der Waals surface area contributed by atoms with Crippen LogP contribution in [0.3, 0.4) is 0 Å². The standard InChI is InChI=1S/C13H18O2/c1-3-11(10(2)14)9-13(15)12-7-5-4-6-8-12/h4-8,11,13,15H,3,9H2,1-2H3. The van der Waals surface area contributed by atoms with E-state index in [0.717, 1.165) is 12.0 Å². The molecule has 82 valence electrons. The van der Waals surface area contributed by atoms with Crippen molar-refractivity contribution in [2.24, 2.45) is 5.92 Å². The van der Waals surface area contributed by atoms with Crippen molar-refractivity contribution >= 4 is 5.78 Å². The topological polar surface area (TPSA) is 37.3 Å². The van der Waals surface area contributed by atoms with Gasteiger partial charge in [-0.1, -0.05) is 37.3 Å². The molecule has 0 amide bonds. The summed E-state index contributed by atoms with van der Waals surface area (Å²) < 4.78 is 0. The average molecular weight is 206 g/mol. The van der Waals surface area contributed by atoms with Gasteiger partial charge < -0.3 is 5.11 Å². The molecule has 0 saturated heterocycles. The van der Waals surface area contributed by atoms with E-state index in [2.05, 4.69) is 0 Å². The van der Waals surface area contributed by atoms with Gasteiger partial charge in [0.1, 0.15) is 5.78 Å². The molecule has 0 radical (unpaired) electrons. The third-order valence-electron chi connectivity index (χ3n) is 2.76. The molecule has 1 aromatic carbocycles. The summed E-state index contributed by atoms with van der Waals surface area (Å²) in [5.41, 5.74) is 0.886. The van der Waals surface area contributed by atoms with E-state index in [0.29, 0.717) is 6.42 Å². The van der Waals surface area contributed by atoms with Gasteiger partial charge in [0, 0.05) is 5.92 Å². The number of hydrogen-bond acceptors (Lipinski definition) is 2. The maximum atomic E-state index is 11.2. The monoisotopic (exact) mass is 206 g/mol. The molecule has 0 saturated carbocycles. The van der Waals surface area contributed by atoms with E-state index >= 15 is 0 Å². The van der Waals surface area contributed by atoms with Crippen LogP contribution in [0.1, 0.15) is 38.4 Å². The van der Waals surface area contributed by atoms with Gasteiger partial charge in [0.05, 0.1) is 6.10 Å². The molecular weight excluding hydrogens is 188 g/mol. The first kappa shape index (κ1) is 11.9. The minimum Gasteiger partial charge on any atom is -0.388 e. The highest BCUT2D eigenvalue weighted by atomic mass is 16.3. The fourth-order valence-corrected chi connectivity index (χ4v) is 1.70. The van der Waals surface area contributed by atoms with E-state index < -0.39 is 6.10 Å². The van der Waals surface area contributed by atoms with Crippen molar-refractivity contribution in [1.82, 2.24) is 0 Å². The molecule has 0 heterocycles. The van der Waals surface area contributed by atoms with Crippen molar-refractivity contribution < 1.29 is 9.90 Å². The first-order valence-electron chi connectivity index (χ1n) is 5.38. The van der Waals surface area contributed by atoms with Crippen LogP contribution in [0.15, 0.2) is 30.3 Å². The summed E-state index contributed by atoms with van der Waals surface area (Å²) in [5, 5.41) is 9.92. The zero-order chi connectivity index (χ0) is 11.3. The van der Waals surface area contributed by atoms with Gasteiger partial charge in [0.15, 0.2) is 0 Å². The van der Waals surface area contributed by atoms with Gasteiger partial charge >= 0.3 is 0 Å². The fourth-order valence-electron chi connectivity index (χ4n) is 1.70. The van der Waals surface area contributed by atoms with Crippen molar-refractivity contribution in [3.8, 4) is 0 Å². The van der Waals surface area contributed by atoms with Gasteiger partial charge in [0.2, 0.25) is 0 Å². The van der Waals surface area contributed by atoms with Crippen LogP contribution in [0, 0.1) is 5.92 Å². The smallest absolute Gasteiger partial charge is 0.133 e. The molecule has 0 aliphatic heterocycles. The molecule has 2 unspecified atom stereocenters. The van der Waals surface area contributed by atoms with Crippen LogP contribution in [-0.2, 0) is 4.79 Å². The predicted octanol–water partition coefficient (Wildman–Crippen LogP) is 2.73. The zero-order valence-electron chi connectivity index (χ0n) is 9.31. The molecule has 0 fully saturated rings. The third kappa shape index (κ3) is 3.48. The lowest BCUT2D eigenvalue weighted by Gasteiger charge is -2.16. The highest BCUT2D eigenvalue weighted by molar-refractivity contribution is 5.78. The number of benzene rings is 1. The van der Waals surface area contributed by atoms with Gasteiger partial charge in [-0.15, -0.1) is 0 Å². The summed E-state index contributed by atoms with van der Waals surface area (Å²) in [6.07, 6.45) is 0.787. The van der Waals surface area contributed by atoms with Gasteiger partial charge in [-0.2, -0.15) is 0 Å². The summed E-state index contributed by atoms with van der Waals surface area (Å²) in [5.74, 6) is 0.132. The molecule has 1 aromatic rings. The van der Waals surface area contributed by atoms with Crippen molar-refractivity contribution in [2.75, 3.05) is 0 Å². The lowest BCUT2D eigenvalue weighted by atomic mass is 9.92. The molecule has 0 spiro atoms. The summed E-state index contributed by atoms with van der Waals surface area (Å²) in [7, 11) is 0. The van der Waals surface area contributed by atoms with E-state index in [1.165, 1.54) is 0 Å². The number of ketones is 1. The minimum atomic E-state index is -0.528. The van der Waals surface area contributed by atoms with Gasteiger partial charge in [-0.05, 0) is 25.3 Å². The van der Waals surface area contributed by atoms with Gasteiger partial charge in [0.25, 0.3) is 0 Å². The molecule has 2 nitrogen and oxygen atoms in total. The first-order chi connectivity index (χ1) is 7.15. The second-order valence-electron chi connectivity index (χ2n) is 3.88. The second-order valence-corrected chi connectivity index (χ2v) is 3.88. The summed E-state index contributed by atoms with van der Waals surface area (Å²) >= 11 is 0.